The normalized spacial score (nSPS) is 12.3. The van der Waals surface area contributed by atoms with Crippen LogP contribution in [0.5, 0.6) is 0 Å². The highest BCUT2D eigenvalue weighted by atomic mass is 16.4. The number of carbonyl (C=O) groups excluding carboxylic acids is 1. The van der Waals surface area contributed by atoms with Gasteiger partial charge in [0.25, 0.3) is 5.91 Å². The van der Waals surface area contributed by atoms with Crippen molar-refractivity contribution in [3.8, 4) is 0 Å². The zero-order valence-electron chi connectivity index (χ0n) is 10.1. The third kappa shape index (κ3) is 2.07. The van der Waals surface area contributed by atoms with Gasteiger partial charge in [0.1, 0.15) is 11.6 Å². The number of hydrogen-bond acceptors (Lipinski definition) is 3. The number of nitrogens with one attached hydrogen (secondary N) is 1. The number of carboxylic acid groups (broad SMARTS) is 1. The van der Waals surface area contributed by atoms with E-state index >= 15 is 0 Å². The molecule has 1 atom stereocenters. The Morgan fingerprint density at radius 2 is 2.00 bits per heavy atom. The van der Waals surface area contributed by atoms with Crippen LogP contribution in [0.4, 0.5) is 0 Å². The van der Waals surface area contributed by atoms with Crippen LogP contribution in [0.1, 0.15) is 23.0 Å². The molecule has 18 heavy (non-hydrogen) atoms. The molecule has 0 aliphatic heterocycles. The van der Waals surface area contributed by atoms with E-state index in [0.29, 0.717) is 11.1 Å². The zero-order chi connectivity index (χ0) is 13.3. The molecule has 0 bridgehead atoms. The highest BCUT2D eigenvalue weighted by Crippen LogP contribution is 2.24. The van der Waals surface area contributed by atoms with Gasteiger partial charge in [0.05, 0.1) is 0 Å². The Hall–Kier alpha value is -2.30. The van der Waals surface area contributed by atoms with Crippen LogP contribution in [-0.2, 0) is 4.79 Å². The molecule has 0 aliphatic rings. The molecule has 0 saturated carbocycles. The number of rotatable bonds is 3. The first-order valence-corrected chi connectivity index (χ1v) is 5.52. The zero-order valence-corrected chi connectivity index (χ0v) is 10.1. The first-order chi connectivity index (χ1) is 8.50. The van der Waals surface area contributed by atoms with Gasteiger partial charge >= 0.3 is 5.97 Å². The van der Waals surface area contributed by atoms with Crippen molar-refractivity contribution in [2.24, 2.45) is 0 Å². The van der Waals surface area contributed by atoms with Crippen LogP contribution in [0, 0.1) is 6.92 Å². The molecule has 0 saturated heterocycles. The second-order valence-electron chi connectivity index (χ2n) is 4.09. The molecule has 1 aromatic carbocycles. The Morgan fingerprint density at radius 1 is 1.33 bits per heavy atom. The Kier molecular flexibility index (Phi) is 3.06. The van der Waals surface area contributed by atoms with Crippen LogP contribution in [0.2, 0.25) is 0 Å². The van der Waals surface area contributed by atoms with Gasteiger partial charge in [0.15, 0.2) is 5.76 Å². The summed E-state index contributed by atoms with van der Waals surface area (Å²) in [5, 5.41) is 12.0. The topological polar surface area (TPSA) is 79.5 Å². The number of para-hydroxylation sites is 1. The quantitative estimate of drug-likeness (QED) is 0.868. The lowest BCUT2D eigenvalue weighted by molar-refractivity contribution is -0.138. The number of amides is 1. The summed E-state index contributed by atoms with van der Waals surface area (Å²) in [6.45, 7) is 3.17. The summed E-state index contributed by atoms with van der Waals surface area (Å²) in [5.41, 5.74) is 1.32. The van der Waals surface area contributed by atoms with E-state index in [1.807, 2.05) is 18.2 Å². The maximum atomic E-state index is 11.9. The molecule has 94 valence electrons. The Morgan fingerprint density at radius 3 is 2.61 bits per heavy atom. The molecular formula is C13H13NO4. The molecule has 5 heteroatoms. The highest BCUT2D eigenvalue weighted by molar-refractivity contribution is 6.00. The molecule has 2 N–H and O–H groups in total. The largest absolute Gasteiger partial charge is 0.480 e. The maximum absolute atomic E-state index is 11.9. The monoisotopic (exact) mass is 247 g/mol. The minimum atomic E-state index is -1.09. The van der Waals surface area contributed by atoms with Crippen molar-refractivity contribution in [1.29, 1.82) is 0 Å². The van der Waals surface area contributed by atoms with Crippen LogP contribution in [0.15, 0.2) is 28.7 Å². The van der Waals surface area contributed by atoms with E-state index in [1.54, 1.807) is 13.0 Å². The van der Waals surface area contributed by atoms with Crippen LogP contribution in [0.3, 0.4) is 0 Å². The number of carbonyl (C=O) groups is 2. The summed E-state index contributed by atoms with van der Waals surface area (Å²) in [6, 6.07) is 6.33. The van der Waals surface area contributed by atoms with Gasteiger partial charge in [-0.05, 0) is 19.9 Å². The minimum Gasteiger partial charge on any atom is -0.480 e. The first kappa shape index (κ1) is 12.2. The lowest BCUT2D eigenvalue weighted by atomic mass is 10.1. The number of aliphatic carboxylic acids is 1. The van der Waals surface area contributed by atoms with Gasteiger partial charge in [-0.25, -0.2) is 0 Å². The Balaban J connectivity index is 2.34. The number of furan rings is 1. The summed E-state index contributed by atoms with van der Waals surface area (Å²) in [7, 11) is 0. The summed E-state index contributed by atoms with van der Waals surface area (Å²) in [4.78, 5) is 22.6. The van der Waals surface area contributed by atoms with E-state index in [4.69, 9.17) is 9.52 Å². The molecular weight excluding hydrogens is 234 g/mol. The standard InChI is InChI=1S/C13H13NO4/c1-7-9-5-3-4-6-10(9)18-11(7)12(15)14-8(2)13(16)17/h3-6,8H,1-2H3,(H,14,15)(H,16,17)/t8-/m1/s1. The molecule has 1 aromatic heterocycles. The molecule has 0 unspecified atom stereocenters. The molecule has 0 aliphatic carbocycles. The van der Waals surface area contributed by atoms with E-state index in [2.05, 4.69) is 5.32 Å². The van der Waals surface area contributed by atoms with E-state index in [-0.39, 0.29) is 5.76 Å². The number of carboxylic acids is 1. The van der Waals surface area contributed by atoms with Gasteiger partial charge < -0.3 is 14.8 Å². The summed E-state index contributed by atoms with van der Waals surface area (Å²) in [5.74, 6) is -1.44. The average Bonchev–Trinajstić information content (AvgIpc) is 2.67. The second-order valence-corrected chi connectivity index (χ2v) is 4.09. The Labute approximate surface area is 103 Å². The van der Waals surface area contributed by atoms with Gasteiger partial charge in [-0.3, -0.25) is 9.59 Å². The van der Waals surface area contributed by atoms with Crippen LogP contribution in [0.25, 0.3) is 11.0 Å². The second kappa shape index (κ2) is 4.52. The predicted molar refractivity (Wildman–Crippen MR) is 65.5 cm³/mol. The molecule has 5 nitrogen and oxygen atoms in total. The van der Waals surface area contributed by atoms with Gasteiger partial charge in [-0.1, -0.05) is 18.2 Å². The van der Waals surface area contributed by atoms with Crippen molar-refractivity contribution in [2.75, 3.05) is 0 Å². The van der Waals surface area contributed by atoms with Crippen molar-refractivity contribution in [2.45, 2.75) is 19.9 Å². The van der Waals surface area contributed by atoms with Crippen LogP contribution in [-0.4, -0.2) is 23.0 Å². The van der Waals surface area contributed by atoms with Gasteiger partial charge in [-0.15, -0.1) is 0 Å². The van der Waals surface area contributed by atoms with Crippen LogP contribution >= 0.6 is 0 Å². The molecule has 0 radical (unpaired) electrons. The van der Waals surface area contributed by atoms with Crippen molar-refractivity contribution in [1.82, 2.24) is 5.32 Å². The fraction of sp³-hybridized carbons (Fsp3) is 0.231. The molecule has 2 rings (SSSR count). The average molecular weight is 247 g/mol. The van der Waals surface area contributed by atoms with Crippen molar-refractivity contribution in [3.05, 3.63) is 35.6 Å². The molecule has 1 amide bonds. The van der Waals surface area contributed by atoms with Gasteiger partial charge in [0, 0.05) is 10.9 Å². The SMILES string of the molecule is Cc1c(C(=O)N[C@H](C)C(=O)O)oc2ccccc12. The van der Waals surface area contributed by atoms with E-state index in [9.17, 15) is 9.59 Å². The summed E-state index contributed by atoms with van der Waals surface area (Å²) in [6.07, 6.45) is 0. The fourth-order valence-electron chi connectivity index (χ4n) is 1.71. The van der Waals surface area contributed by atoms with E-state index < -0.39 is 17.9 Å². The summed E-state index contributed by atoms with van der Waals surface area (Å²) < 4.78 is 5.44. The number of fused-ring (bicyclic) bond motifs is 1. The third-order valence-electron chi connectivity index (χ3n) is 2.77. The van der Waals surface area contributed by atoms with Crippen molar-refractivity contribution < 1.29 is 19.1 Å². The number of aryl methyl sites for hydroxylation is 1. The molecule has 2 aromatic rings. The molecule has 1 heterocycles. The van der Waals surface area contributed by atoms with Gasteiger partial charge in [-0.2, -0.15) is 0 Å². The van der Waals surface area contributed by atoms with Crippen molar-refractivity contribution in [3.63, 3.8) is 0 Å². The number of benzene rings is 1. The molecule has 0 fully saturated rings. The fourth-order valence-corrected chi connectivity index (χ4v) is 1.71. The predicted octanol–water partition coefficient (Wildman–Crippen LogP) is 1.94. The van der Waals surface area contributed by atoms with Crippen LogP contribution < -0.4 is 5.32 Å². The maximum Gasteiger partial charge on any atom is 0.325 e. The number of hydrogen-bond donors (Lipinski definition) is 2. The highest BCUT2D eigenvalue weighted by Gasteiger charge is 2.21. The van der Waals surface area contributed by atoms with Crippen molar-refractivity contribution >= 4 is 22.8 Å². The third-order valence-corrected chi connectivity index (χ3v) is 2.77. The summed E-state index contributed by atoms with van der Waals surface area (Å²) >= 11 is 0. The van der Waals surface area contributed by atoms with E-state index in [1.165, 1.54) is 6.92 Å². The minimum absolute atomic E-state index is 0.157. The first-order valence-electron chi connectivity index (χ1n) is 5.52. The van der Waals surface area contributed by atoms with E-state index in [0.717, 1.165) is 5.39 Å². The lowest BCUT2D eigenvalue weighted by Gasteiger charge is -2.07. The Bertz CT molecular complexity index is 614. The van der Waals surface area contributed by atoms with Gasteiger partial charge in [0.2, 0.25) is 0 Å². The molecule has 0 spiro atoms. The lowest BCUT2D eigenvalue weighted by Crippen LogP contribution is -2.38. The smallest absolute Gasteiger partial charge is 0.325 e.